The van der Waals surface area contributed by atoms with Gasteiger partial charge in [0.25, 0.3) is 11.8 Å². The van der Waals surface area contributed by atoms with Crippen LogP contribution in [-0.4, -0.2) is 115 Å². The molecule has 2 aromatic rings. The zero-order valence-electron chi connectivity index (χ0n) is 28.6. The number of β-lactam (4-membered cyclic amide) rings is 1. The highest BCUT2D eigenvalue weighted by molar-refractivity contribution is 7.80. The van der Waals surface area contributed by atoms with Gasteiger partial charge in [0.15, 0.2) is 10.8 Å². The van der Waals surface area contributed by atoms with Crippen molar-refractivity contribution in [3.05, 3.63) is 47.1 Å². The number of allylic oxidation sites excluding steroid dienone is 1. The number of carbonyl (C=O) groups excluding carboxylic acids is 2. The zero-order chi connectivity index (χ0) is 37.9. The summed E-state index contributed by atoms with van der Waals surface area (Å²) in [5.41, 5.74) is 11.2. The van der Waals surface area contributed by atoms with E-state index in [4.69, 9.17) is 25.6 Å². The summed E-state index contributed by atoms with van der Waals surface area (Å²) in [7, 11) is -5.01. The molecule has 52 heavy (non-hydrogen) atoms. The van der Waals surface area contributed by atoms with Gasteiger partial charge in [-0.15, -0.1) is 15.6 Å². The normalized spacial score (nSPS) is 18.4. The van der Waals surface area contributed by atoms with Crippen LogP contribution in [0.4, 0.5) is 5.13 Å². The Labute approximate surface area is 304 Å². The smallest absolute Gasteiger partial charge is 0.418 e. The van der Waals surface area contributed by atoms with Gasteiger partial charge in [0.05, 0.1) is 12.1 Å². The van der Waals surface area contributed by atoms with Crippen LogP contribution < -0.4 is 32.2 Å². The van der Waals surface area contributed by atoms with Crippen molar-refractivity contribution in [3.8, 4) is 5.75 Å². The molecule has 0 bridgehead atoms. The predicted molar refractivity (Wildman–Crippen MR) is 192 cm³/mol. The number of aliphatic carboxylic acids is 1. The fourth-order valence-electron chi connectivity index (χ4n) is 4.92. The number of thiazole rings is 1. The number of ether oxygens (including phenoxy) is 1. The molecule has 2 amide bonds. The van der Waals surface area contributed by atoms with E-state index in [1.54, 1.807) is 12.1 Å². The summed E-state index contributed by atoms with van der Waals surface area (Å²) in [6, 6.07) is 6.09. The molecule has 2 atom stereocenters. The number of aromatic nitrogens is 1. The predicted octanol–water partition coefficient (Wildman–Crippen LogP) is 0.168. The zero-order valence-corrected chi connectivity index (χ0v) is 30.2. The highest BCUT2D eigenvalue weighted by atomic mass is 32.3. The molecule has 9 N–H and O–H groups in total. The minimum Gasteiger partial charge on any atom is -0.494 e. The van der Waals surface area contributed by atoms with Crippen molar-refractivity contribution < 1.29 is 46.3 Å². The first-order valence-corrected chi connectivity index (χ1v) is 18.5. The molecular weight excluding hydrogens is 723 g/mol. The second-order valence-corrected chi connectivity index (χ2v) is 14.3. The molecule has 284 valence electrons. The summed E-state index contributed by atoms with van der Waals surface area (Å²) in [6.07, 6.45) is 3.30. The summed E-state index contributed by atoms with van der Waals surface area (Å²) in [4.78, 5) is 51.7. The van der Waals surface area contributed by atoms with Crippen molar-refractivity contribution in [1.82, 2.24) is 26.0 Å². The fraction of sp³-hybridized carbons (Fsp3) is 0.484. The van der Waals surface area contributed by atoms with E-state index >= 15 is 0 Å². The molecule has 0 radical (unpaired) electrons. The number of carbonyl (C=O) groups is 3. The molecule has 19 nitrogen and oxygen atoms in total. The number of nitrogen functional groups attached to an aromatic ring is 1. The fourth-order valence-corrected chi connectivity index (χ4v) is 5.92. The molecular formula is C31H43N9O10S2. The van der Waals surface area contributed by atoms with Crippen LogP contribution in [0.5, 0.6) is 5.75 Å². The third kappa shape index (κ3) is 11.2. The van der Waals surface area contributed by atoms with Crippen LogP contribution in [0.3, 0.4) is 0 Å². The number of aliphatic imine (C=N–C) groups is 1. The number of nitrogens with one attached hydrogen (secondary N) is 3. The van der Waals surface area contributed by atoms with E-state index in [0.29, 0.717) is 23.3 Å². The van der Waals surface area contributed by atoms with Gasteiger partial charge in [-0.05, 0) is 50.9 Å². The van der Waals surface area contributed by atoms with Crippen molar-refractivity contribution in [2.45, 2.75) is 50.8 Å². The number of oxime groups is 1. The second-order valence-electron chi connectivity index (χ2n) is 12.4. The number of hydrogen-bond acceptors (Lipinski definition) is 16. The second kappa shape index (κ2) is 18.2. The van der Waals surface area contributed by atoms with Crippen molar-refractivity contribution in [3.63, 3.8) is 0 Å². The van der Waals surface area contributed by atoms with E-state index in [9.17, 15) is 27.9 Å². The Morgan fingerprint density at radius 1 is 1.25 bits per heavy atom. The van der Waals surface area contributed by atoms with E-state index in [1.807, 2.05) is 24.5 Å². The van der Waals surface area contributed by atoms with Crippen LogP contribution in [-0.2, 0) is 33.9 Å². The van der Waals surface area contributed by atoms with Gasteiger partial charge >= 0.3 is 16.4 Å². The minimum absolute atomic E-state index is 0.0462. The average molecular weight is 766 g/mol. The quantitative estimate of drug-likeness (QED) is 0.0293. The van der Waals surface area contributed by atoms with E-state index in [0.717, 1.165) is 55.1 Å². The molecule has 4 rings (SSSR count). The topological polar surface area (TPSA) is 282 Å². The van der Waals surface area contributed by atoms with Gasteiger partial charge in [0.1, 0.15) is 17.5 Å². The maximum atomic E-state index is 13.3. The van der Waals surface area contributed by atoms with Crippen LogP contribution in [0.25, 0.3) is 5.57 Å². The number of benzene rings is 1. The summed E-state index contributed by atoms with van der Waals surface area (Å²) in [5, 5.41) is 24.3. The third-order valence-corrected chi connectivity index (χ3v) is 8.97. The highest BCUT2D eigenvalue weighted by Crippen LogP contribution is 2.33. The Morgan fingerprint density at radius 2 is 1.98 bits per heavy atom. The third-order valence-electron chi connectivity index (χ3n) is 7.96. The lowest BCUT2D eigenvalue weighted by Gasteiger charge is -2.50. The van der Waals surface area contributed by atoms with Crippen molar-refractivity contribution in [2.24, 2.45) is 21.8 Å². The van der Waals surface area contributed by atoms with Gasteiger partial charge in [-0.1, -0.05) is 17.3 Å². The number of nitrogens with two attached hydrogens (primary N) is 2. The van der Waals surface area contributed by atoms with E-state index in [-0.39, 0.29) is 30.3 Å². The van der Waals surface area contributed by atoms with Crippen molar-refractivity contribution >= 4 is 62.2 Å². The molecule has 0 unspecified atom stereocenters. The molecule has 0 aliphatic carbocycles. The molecule has 0 spiro atoms. The highest BCUT2D eigenvalue weighted by Gasteiger charge is 2.58. The molecule has 0 saturated carbocycles. The first kappa shape index (κ1) is 40.1. The Bertz CT molecular complexity index is 1760. The Hall–Kier alpha value is -4.67. The van der Waals surface area contributed by atoms with Gasteiger partial charge in [0, 0.05) is 61.9 Å². The molecule has 21 heteroatoms. The van der Waals surface area contributed by atoms with Gasteiger partial charge < -0.3 is 42.1 Å². The Balaban J connectivity index is 1.34. The van der Waals surface area contributed by atoms with E-state index in [2.05, 4.69) is 35.4 Å². The monoisotopic (exact) mass is 765 g/mol. The van der Waals surface area contributed by atoms with Crippen LogP contribution >= 0.6 is 11.3 Å². The van der Waals surface area contributed by atoms with Gasteiger partial charge in [-0.25, -0.2) is 9.78 Å². The van der Waals surface area contributed by atoms with Crippen molar-refractivity contribution in [2.75, 3.05) is 45.1 Å². The first-order valence-electron chi connectivity index (χ1n) is 16.3. The number of carboxylic acids is 1. The summed E-state index contributed by atoms with van der Waals surface area (Å²) in [6.45, 7) is 6.89. The SMILES string of the molecule is CC1(C)[C@H](NC(=O)/C(=N\O[C@@H](CCCOc2ccc(/C(C=NCC3CNC3)=C/NCCCN)cc2)C(=O)O)c2csc(N)n2)C(=O)N1OS(=O)(=O)O. The lowest BCUT2D eigenvalue weighted by atomic mass is 9.84. The largest absolute Gasteiger partial charge is 0.494 e. The summed E-state index contributed by atoms with van der Waals surface area (Å²) < 4.78 is 41.3. The van der Waals surface area contributed by atoms with Gasteiger partial charge in [-0.2, -0.15) is 13.5 Å². The molecule has 2 saturated heterocycles. The maximum Gasteiger partial charge on any atom is 0.418 e. The van der Waals surface area contributed by atoms with Crippen LogP contribution in [0.2, 0.25) is 0 Å². The average Bonchev–Trinajstić information content (AvgIpc) is 3.50. The summed E-state index contributed by atoms with van der Waals surface area (Å²) >= 11 is 0.975. The van der Waals surface area contributed by atoms with E-state index < -0.39 is 51.6 Å². The molecule has 1 aromatic heterocycles. The minimum atomic E-state index is -5.01. The standard InChI is InChI=1S/C31H43N9O10S2/c1-31(2)26(28(42)40(31)50-52(45,46)47)38-27(41)25(23-18-51-30(33)37-23)39-49-24(29(43)44)5-3-12-48-22-8-6-20(7-9-22)21(16-34-11-4-10-32)17-36-15-19-13-35-14-19/h6-9,16-19,24,26,34-35H,3-5,10-15,32H2,1-2H3,(H2,33,37)(H,38,41)(H,43,44)(H,45,46,47)/b21-16+,36-17?,39-25-/t24-,26+/m0/s1. The van der Waals surface area contributed by atoms with Gasteiger partial charge in [0.2, 0.25) is 6.10 Å². The number of hydroxylamine groups is 2. The number of rotatable bonds is 21. The lowest BCUT2D eigenvalue weighted by molar-refractivity contribution is -0.218. The number of amides is 2. The van der Waals surface area contributed by atoms with Crippen LogP contribution in [0.1, 0.15) is 44.4 Å². The van der Waals surface area contributed by atoms with E-state index in [1.165, 1.54) is 19.2 Å². The number of hydrogen-bond donors (Lipinski definition) is 7. The molecule has 2 fully saturated rings. The van der Waals surface area contributed by atoms with Crippen LogP contribution in [0.15, 0.2) is 46.0 Å². The lowest BCUT2D eigenvalue weighted by Crippen LogP contribution is -2.76. The molecule has 2 aliphatic heterocycles. The number of anilines is 1. The number of carboxylic acid groups (broad SMARTS) is 1. The summed E-state index contributed by atoms with van der Waals surface area (Å²) in [5.74, 6) is -2.22. The van der Waals surface area contributed by atoms with Crippen LogP contribution in [0, 0.1) is 5.92 Å². The van der Waals surface area contributed by atoms with Crippen molar-refractivity contribution in [1.29, 1.82) is 0 Å². The van der Waals surface area contributed by atoms with Gasteiger partial charge in [-0.3, -0.25) is 19.1 Å². The number of nitrogens with zero attached hydrogens (tertiary/aromatic N) is 4. The Morgan fingerprint density at radius 3 is 2.56 bits per heavy atom. The molecule has 3 heterocycles. The molecule has 2 aliphatic rings. The maximum absolute atomic E-state index is 13.3. The Kier molecular flexibility index (Phi) is 14.0. The molecule has 1 aromatic carbocycles. The first-order chi connectivity index (χ1) is 24.7.